The first kappa shape index (κ1) is 23.1. The minimum absolute atomic E-state index is 0.0275. The van der Waals surface area contributed by atoms with Crippen LogP contribution in [0.1, 0.15) is 25.2 Å². The van der Waals surface area contributed by atoms with Gasteiger partial charge in [-0.3, -0.25) is 9.59 Å². The van der Waals surface area contributed by atoms with Gasteiger partial charge in [0.25, 0.3) is 5.91 Å². The Labute approximate surface area is 196 Å². The van der Waals surface area contributed by atoms with Gasteiger partial charge in [-0.05, 0) is 37.1 Å². The lowest BCUT2D eigenvalue weighted by atomic mass is 9.93. The van der Waals surface area contributed by atoms with Crippen molar-refractivity contribution in [1.82, 2.24) is 20.8 Å². The summed E-state index contributed by atoms with van der Waals surface area (Å²) >= 11 is 0. The topological polar surface area (TPSA) is 131 Å². The summed E-state index contributed by atoms with van der Waals surface area (Å²) in [7, 11) is 1.61. The predicted octanol–water partition coefficient (Wildman–Crippen LogP) is 3.11. The van der Waals surface area contributed by atoms with E-state index in [-0.39, 0.29) is 17.7 Å². The Balaban J connectivity index is 1.12. The number of aromatic nitrogens is 2. The fraction of sp³-hybridized carbons (Fsp3) is 0.333. The summed E-state index contributed by atoms with van der Waals surface area (Å²) < 4.78 is 10.4. The number of fused-ring (bicyclic) bond motifs is 1. The van der Waals surface area contributed by atoms with Crippen LogP contribution in [0.15, 0.2) is 74.7 Å². The molecule has 2 aliphatic rings. The van der Waals surface area contributed by atoms with Gasteiger partial charge >= 0.3 is 0 Å². The van der Waals surface area contributed by atoms with Crippen molar-refractivity contribution in [3.8, 4) is 17.1 Å². The Bertz CT molecular complexity index is 1150. The summed E-state index contributed by atoms with van der Waals surface area (Å²) in [6.07, 6.45) is 9.61. The lowest BCUT2D eigenvalue weighted by Gasteiger charge is -2.20. The monoisotopic (exact) mass is 462 g/mol. The average Bonchev–Trinajstić information content (AvgIpc) is 3.34. The molecule has 0 spiro atoms. The third kappa shape index (κ3) is 5.83. The van der Waals surface area contributed by atoms with Crippen molar-refractivity contribution in [2.24, 2.45) is 16.1 Å². The Morgan fingerprint density at radius 3 is 2.79 bits per heavy atom. The molecule has 1 atom stereocenters. The number of methoxy groups -OCH3 is 1. The molecule has 176 valence electrons. The minimum atomic E-state index is -0.365. The van der Waals surface area contributed by atoms with Crippen LogP contribution in [0.25, 0.3) is 11.4 Å². The smallest absolute Gasteiger partial charge is 0.276 e. The number of carbonyl (C=O) groups excluding carboxylic acids is 2. The Kier molecular flexibility index (Phi) is 7.59. The van der Waals surface area contributed by atoms with Crippen LogP contribution < -0.4 is 15.4 Å². The normalized spacial score (nSPS) is 16.5. The molecule has 0 radical (unpaired) electrons. The molecule has 2 N–H and O–H groups in total. The standard InChI is InChI=1S/C24H26N6O4/c1-33-17-12-10-16(11-13-17)22-27-21(34-30-22)9-4-8-20(31)25-14-5-15-26-23-18-6-2-3-7-19(18)24(32)29-28-23/h2-3,6-7,10-13,19,26H,4-5,8-9,14-15H2,1H3,(H,25,31). The van der Waals surface area contributed by atoms with Gasteiger partial charge in [0.1, 0.15) is 5.75 Å². The quantitative estimate of drug-likeness (QED) is 0.491. The molecule has 1 aromatic heterocycles. The number of aryl methyl sites for hydroxylation is 1. The van der Waals surface area contributed by atoms with Crippen molar-refractivity contribution in [2.75, 3.05) is 20.2 Å². The van der Waals surface area contributed by atoms with E-state index in [9.17, 15) is 9.59 Å². The molecule has 0 saturated carbocycles. The number of allylic oxidation sites excluding steroid dienone is 3. The molecule has 0 fully saturated rings. The number of carbonyl (C=O) groups is 2. The molecule has 0 saturated heterocycles. The van der Waals surface area contributed by atoms with Crippen molar-refractivity contribution in [3.05, 3.63) is 65.9 Å². The Morgan fingerprint density at radius 1 is 1.12 bits per heavy atom. The number of nitrogens with one attached hydrogen (secondary N) is 2. The largest absolute Gasteiger partial charge is 0.497 e. The van der Waals surface area contributed by atoms with Crippen LogP contribution in [-0.4, -0.2) is 42.2 Å². The number of ether oxygens (including phenoxy) is 1. The molecule has 10 nitrogen and oxygen atoms in total. The van der Waals surface area contributed by atoms with E-state index in [4.69, 9.17) is 9.26 Å². The Hall–Kier alpha value is -4.08. The van der Waals surface area contributed by atoms with Gasteiger partial charge in [0.05, 0.1) is 13.0 Å². The fourth-order valence-corrected chi connectivity index (χ4v) is 3.57. The van der Waals surface area contributed by atoms with Gasteiger partial charge in [0, 0.05) is 37.1 Å². The molecule has 2 amide bonds. The molecule has 1 aliphatic heterocycles. The highest BCUT2D eigenvalue weighted by atomic mass is 16.5. The predicted molar refractivity (Wildman–Crippen MR) is 124 cm³/mol. The first-order valence-electron chi connectivity index (χ1n) is 11.2. The van der Waals surface area contributed by atoms with E-state index in [2.05, 4.69) is 31.0 Å². The lowest BCUT2D eigenvalue weighted by Crippen LogP contribution is -2.28. The van der Waals surface area contributed by atoms with E-state index in [0.717, 1.165) is 16.9 Å². The molecule has 34 heavy (non-hydrogen) atoms. The van der Waals surface area contributed by atoms with Crippen molar-refractivity contribution < 1.29 is 18.8 Å². The van der Waals surface area contributed by atoms with Crippen LogP contribution in [0.3, 0.4) is 0 Å². The average molecular weight is 463 g/mol. The van der Waals surface area contributed by atoms with E-state index in [1.807, 2.05) is 48.6 Å². The van der Waals surface area contributed by atoms with Gasteiger partial charge in [0.2, 0.25) is 17.6 Å². The van der Waals surface area contributed by atoms with Gasteiger partial charge in [-0.25, -0.2) is 0 Å². The van der Waals surface area contributed by atoms with E-state index in [0.29, 0.717) is 56.3 Å². The number of benzene rings is 1. The van der Waals surface area contributed by atoms with Gasteiger partial charge in [-0.15, -0.1) is 10.2 Å². The second kappa shape index (κ2) is 11.2. The second-order valence-electron chi connectivity index (χ2n) is 7.79. The maximum Gasteiger partial charge on any atom is 0.276 e. The highest BCUT2D eigenvalue weighted by molar-refractivity contribution is 5.86. The molecule has 4 rings (SSSR count). The van der Waals surface area contributed by atoms with E-state index in [1.165, 1.54) is 0 Å². The van der Waals surface area contributed by atoms with Gasteiger partial charge in [0.15, 0.2) is 5.82 Å². The molecule has 1 aliphatic carbocycles. The van der Waals surface area contributed by atoms with Crippen molar-refractivity contribution in [3.63, 3.8) is 0 Å². The highest BCUT2D eigenvalue weighted by Gasteiger charge is 2.26. The summed E-state index contributed by atoms with van der Waals surface area (Å²) in [6, 6.07) is 7.41. The van der Waals surface area contributed by atoms with Crippen molar-refractivity contribution in [2.45, 2.75) is 25.7 Å². The Morgan fingerprint density at radius 2 is 1.97 bits per heavy atom. The third-order valence-electron chi connectivity index (χ3n) is 5.39. The molecule has 1 unspecified atom stereocenters. The van der Waals surface area contributed by atoms with Gasteiger partial charge in [-0.1, -0.05) is 29.5 Å². The first-order valence-corrected chi connectivity index (χ1v) is 11.2. The van der Waals surface area contributed by atoms with Crippen LogP contribution >= 0.6 is 0 Å². The maximum atomic E-state index is 12.1. The number of hydrogen-bond acceptors (Lipinski definition) is 8. The second-order valence-corrected chi connectivity index (χ2v) is 7.79. The SMILES string of the molecule is COc1ccc(-c2noc(CCCC(=O)NCCCNC3=C4C=CC=CC4C(=O)N=N3)n2)cc1. The first-order chi connectivity index (χ1) is 16.6. The zero-order valence-corrected chi connectivity index (χ0v) is 18.9. The van der Waals surface area contributed by atoms with E-state index in [1.54, 1.807) is 7.11 Å². The van der Waals surface area contributed by atoms with E-state index < -0.39 is 0 Å². The van der Waals surface area contributed by atoms with Crippen molar-refractivity contribution in [1.29, 1.82) is 0 Å². The number of azo groups is 1. The zero-order chi connectivity index (χ0) is 23.8. The molecule has 1 aromatic carbocycles. The van der Waals surface area contributed by atoms with Crippen molar-refractivity contribution >= 4 is 11.8 Å². The van der Waals surface area contributed by atoms with Crippen LogP contribution in [0.2, 0.25) is 0 Å². The molecule has 0 bridgehead atoms. The summed E-state index contributed by atoms with van der Waals surface area (Å²) in [6.45, 7) is 1.14. The zero-order valence-electron chi connectivity index (χ0n) is 18.9. The maximum absolute atomic E-state index is 12.1. The lowest BCUT2D eigenvalue weighted by molar-refractivity contribution is -0.121. The van der Waals surface area contributed by atoms with Crippen LogP contribution in [-0.2, 0) is 16.0 Å². The third-order valence-corrected chi connectivity index (χ3v) is 5.39. The summed E-state index contributed by atoms with van der Waals surface area (Å²) in [5, 5.41) is 17.8. The number of rotatable bonds is 11. The van der Waals surface area contributed by atoms with Crippen LogP contribution in [0, 0.1) is 5.92 Å². The molecule has 2 heterocycles. The molecular formula is C24H26N6O4. The minimum Gasteiger partial charge on any atom is -0.497 e. The fourth-order valence-electron chi connectivity index (χ4n) is 3.57. The summed E-state index contributed by atoms with van der Waals surface area (Å²) in [5.74, 6) is 1.73. The van der Waals surface area contributed by atoms with E-state index >= 15 is 0 Å². The van der Waals surface area contributed by atoms with Crippen LogP contribution in [0.4, 0.5) is 0 Å². The van der Waals surface area contributed by atoms with Gasteiger partial charge < -0.3 is 19.9 Å². The summed E-state index contributed by atoms with van der Waals surface area (Å²) in [4.78, 5) is 28.3. The highest BCUT2D eigenvalue weighted by Crippen LogP contribution is 2.27. The number of amides is 2. The molecule has 10 heteroatoms. The van der Waals surface area contributed by atoms with Gasteiger partial charge in [-0.2, -0.15) is 4.98 Å². The number of hydrogen-bond donors (Lipinski definition) is 2. The van der Waals surface area contributed by atoms with Crippen LogP contribution in [0.5, 0.6) is 5.75 Å². The number of nitrogens with zero attached hydrogens (tertiary/aromatic N) is 4. The molecular weight excluding hydrogens is 436 g/mol. The summed E-state index contributed by atoms with van der Waals surface area (Å²) in [5.41, 5.74) is 1.66. The molecule has 2 aromatic rings.